The Balaban J connectivity index is 1.76. The van der Waals surface area contributed by atoms with Crippen LogP contribution in [0.5, 0.6) is 0 Å². The molecule has 3 aromatic rings. The third-order valence-electron chi connectivity index (χ3n) is 4.20. The number of hydrogen-bond acceptors (Lipinski definition) is 3. The molecule has 0 fully saturated rings. The average molecular weight is 404 g/mol. The molecule has 7 heteroatoms. The van der Waals surface area contributed by atoms with Crippen molar-refractivity contribution in [2.24, 2.45) is 0 Å². The fourth-order valence-electron chi connectivity index (χ4n) is 2.93. The summed E-state index contributed by atoms with van der Waals surface area (Å²) in [5.41, 5.74) is 4.45. The van der Waals surface area contributed by atoms with Gasteiger partial charge in [-0.05, 0) is 42.8 Å². The second kappa shape index (κ2) is 6.99. The molecule has 26 heavy (non-hydrogen) atoms. The summed E-state index contributed by atoms with van der Waals surface area (Å²) < 4.78 is 1.80. The molecule has 1 aliphatic heterocycles. The minimum atomic E-state index is -0.300. The zero-order valence-electron chi connectivity index (χ0n) is 13.9. The number of halogens is 2. The van der Waals surface area contributed by atoms with Crippen molar-refractivity contribution in [2.75, 3.05) is 5.32 Å². The summed E-state index contributed by atoms with van der Waals surface area (Å²) in [5, 5.41) is 8.54. The lowest BCUT2D eigenvalue weighted by Crippen LogP contribution is -2.16. The topological polar surface area (TPSA) is 46.9 Å². The van der Waals surface area contributed by atoms with Crippen molar-refractivity contribution in [3.05, 3.63) is 74.9 Å². The van der Waals surface area contributed by atoms with E-state index < -0.39 is 0 Å². The molecule has 0 spiro atoms. The normalized spacial score (nSPS) is 12.9. The van der Waals surface area contributed by atoms with Crippen molar-refractivity contribution in [1.82, 2.24) is 9.78 Å². The average Bonchev–Trinajstić information content (AvgIpc) is 3.19. The Morgan fingerprint density at radius 1 is 1.19 bits per heavy atom. The Bertz CT molecular complexity index is 1020. The lowest BCUT2D eigenvalue weighted by atomic mass is 10.2. The summed E-state index contributed by atoms with van der Waals surface area (Å²) >= 11 is 14.0. The summed E-state index contributed by atoms with van der Waals surface area (Å²) in [7, 11) is 0. The number of carbonyl (C=O) groups is 1. The third kappa shape index (κ3) is 3.22. The maximum absolute atomic E-state index is 12.8. The number of nitrogens with one attached hydrogen (secondary N) is 1. The van der Waals surface area contributed by atoms with E-state index in [-0.39, 0.29) is 5.91 Å². The van der Waals surface area contributed by atoms with Gasteiger partial charge < -0.3 is 5.32 Å². The van der Waals surface area contributed by atoms with Crippen molar-refractivity contribution < 1.29 is 4.79 Å². The maximum Gasteiger partial charge on any atom is 0.258 e. The van der Waals surface area contributed by atoms with Crippen LogP contribution < -0.4 is 5.32 Å². The largest absolute Gasteiger partial charge is 0.306 e. The molecule has 1 aromatic heterocycles. The van der Waals surface area contributed by atoms with Gasteiger partial charge in [-0.25, -0.2) is 4.68 Å². The number of benzene rings is 2. The van der Waals surface area contributed by atoms with Gasteiger partial charge in [0.1, 0.15) is 5.82 Å². The van der Waals surface area contributed by atoms with Crippen LogP contribution in [0.1, 0.15) is 27.2 Å². The van der Waals surface area contributed by atoms with Crippen LogP contribution in [0.25, 0.3) is 5.69 Å². The van der Waals surface area contributed by atoms with Gasteiger partial charge in [0.25, 0.3) is 5.91 Å². The standard InChI is InChI=1S/C19H15Cl2N3OS/c1-11-3-2-4-13(7-11)24-18(15-9-26-10-17(15)23-24)22-19(25)14-8-12(20)5-6-16(14)21/h2-8H,9-10H2,1H3,(H,22,25). The first-order valence-corrected chi connectivity index (χ1v) is 9.96. The highest BCUT2D eigenvalue weighted by molar-refractivity contribution is 7.98. The summed E-state index contributed by atoms with van der Waals surface area (Å²) in [6.45, 7) is 2.03. The molecule has 0 unspecified atom stereocenters. The van der Waals surface area contributed by atoms with Gasteiger partial charge in [-0.3, -0.25) is 4.79 Å². The molecule has 0 radical (unpaired) electrons. The van der Waals surface area contributed by atoms with Gasteiger partial charge in [-0.15, -0.1) is 0 Å². The predicted molar refractivity (Wildman–Crippen MR) is 108 cm³/mol. The molecule has 0 saturated carbocycles. The van der Waals surface area contributed by atoms with Crippen LogP contribution in [-0.4, -0.2) is 15.7 Å². The molecule has 0 atom stereocenters. The van der Waals surface area contributed by atoms with Gasteiger partial charge in [-0.1, -0.05) is 35.3 Å². The highest BCUT2D eigenvalue weighted by Crippen LogP contribution is 2.36. The Hall–Kier alpha value is -1.95. The summed E-state index contributed by atoms with van der Waals surface area (Å²) in [6, 6.07) is 12.9. The van der Waals surface area contributed by atoms with Gasteiger partial charge in [0.15, 0.2) is 0 Å². The molecular formula is C19H15Cl2N3OS. The molecule has 2 heterocycles. The third-order valence-corrected chi connectivity index (χ3v) is 5.74. The Morgan fingerprint density at radius 2 is 2.04 bits per heavy atom. The molecule has 1 amide bonds. The van der Waals surface area contributed by atoms with Crippen molar-refractivity contribution >= 4 is 46.7 Å². The van der Waals surface area contributed by atoms with E-state index >= 15 is 0 Å². The monoisotopic (exact) mass is 403 g/mol. The number of nitrogens with zero attached hydrogens (tertiary/aromatic N) is 2. The smallest absolute Gasteiger partial charge is 0.258 e. The first-order valence-electron chi connectivity index (χ1n) is 8.05. The second-order valence-electron chi connectivity index (χ2n) is 6.10. The van der Waals surface area contributed by atoms with E-state index in [1.54, 1.807) is 34.6 Å². The quantitative estimate of drug-likeness (QED) is 0.628. The molecule has 1 N–H and O–H groups in total. The number of thioether (sulfide) groups is 1. The maximum atomic E-state index is 12.8. The first kappa shape index (κ1) is 17.5. The first-order chi connectivity index (χ1) is 12.5. The van der Waals surface area contributed by atoms with Crippen LogP contribution in [0.15, 0.2) is 42.5 Å². The molecule has 4 nitrogen and oxygen atoms in total. The van der Waals surface area contributed by atoms with Gasteiger partial charge >= 0.3 is 0 Å². The second-order valence-corrected chi connectivity index (χ2v) is 7.92. The van der Waals surface area contributed by atoms with E-state index in [1.807, 2.05) is 31.2 Å². The predicted octanol–water partition coefficient (Wildman–Crippen LogP) is 5.49. The molecule has 2 aromatic carbocycles. The van der Waals surface area contributed by atoms with Crippen molar-refractivity contribution in [3.63, 3.8) is 0 Å². The fourth-order valence-corrected chi connectivity index (χ4v) is 4.34. The number of aromatic nitrogens is 2. The summed E-state index contributed by atoms with van der Waals surface area (Å²) in [5.74, 6) is 2.05. The van der Waals surface area contributed by atoms with E-state index in [0.29, 0.717) is 21.4 Å². The fraction of sp³-hybridized carbons (Fsp3) is 0.158. The number of anilines is 1. The van der Waals surface area contributed by atoms with Crippen molar-refractivity contribution in [1.29, 1.82) is 0 Å². The van der Waals surface area contributed by atoms with Gasteiger partial charge in [0.05, 0.1) is 22.0 Å². The van der Waals surface area contributed by atoms with Crippen LogP contribution in [-0.2, 0) is 11.5 Å². The summed E-state index contributed by atoms with van der Waals surface area (Å²) in [6.07, 6.45) is 0. The molecule has 0 saturated heterocycles. The van der Waals surface area contributed by atoms with E-state index in [2.05, 4.69) is 5.32 Å². The lowest BCUT2D eigenvalue weighted by Gasteiger charge is -2.12. The molecule has 0 bridgehead atoms. The number of fused-ring (bicyclic) bond motifs is 1. The van der Waals surface area contributed by atoms with Crippen molar-refractivity contribution in [2.45, 2.75) is 18.4 Å². The number of hydrogen-bond donors (Lipinski definition) is 1. The van der Waals surface area contributed by atoms with Gasteiger partial charge in [0, 0.05) is 22.1 Å². The van der Waals surface area contributed by atoms with E-state index in [4.69, 9.17) is 28.3 Å². The van der Waals surface area contributed by atoms with Crippen LogP contribution >= 0.6 is 35.0 Å². The number of rotatable bonds is 3. The molecular weight excluding hydrogens is 389 g/mol. The highest BCUT2D eigenvalue weighted by atomic mass is 35.5. The Labute approximate surface area is 165 Å². The number of carbonyl (C=O) groups excluding carboxylic acids is 1. The van der Waals surface area contributed by atoms with Crippen LogP contribution in [0, 0.1) is 6.92 Å². The van der Waals surface area contributed by atoms with E-state index in [0.717, 1.165) is 34.0 Å². The summed E-state index contributed by atoms with van der Waals surface area (Å²) in [4.78, 5) is 12.8. The number of amides is 1. The molecule has 4 rings (SSSR count). The minimum Gasteiger partial charge on any atom is -0.306 e. The molecule has 132 valence electrons. The SMILES string of the molecule is Cc1cccc(-n2nc3c(c2NC(=O)c2cc(Cl)ccc2Cl)CSC3)c1. The molecule has 1 aliphatic rings. The zero-order valence-corrected chi connectivity index (χ0v) is 16.3. The number of aryl methyl sites for hydroxylation is 1. The van der Waals surface area contributed by atoms with Crippen LogP contribution in [0.3, 0.4) is 0 Å². The van der Waals surface area contributed by atoms with Gasteiger partial charge in [-0.2, -0.15) is 16.9 Å². The zero-order chi connectivity index (χ0) is 18.3. The van der Waals surface area contributed by atoms with Crippen molar-refractivity contribution in [3.8, 4) is 5.69 Å². The Kier molecular flexibility index (Phi) is 4.69. The highest BCUT2D eigenvalue weighted by Gasteiger charge is 2.25. The van der Waals surface area contributed by atoms with E-state index in [1.165, 1.54) is 0 Å². The van der Waals surface area contributed by atoms with Crippen LogP contribution in [0.2, 0.25) is 10.0 Å². The minimum absolute atomic E-state index is 0.300. The lowest BCUT2D eigenvalue weighted by molar-refractivity contribution is 0.102. The van der Waals surface area contributed by atoms with Gasteiger partial charge in [0.2, 0.25) is 0 Å². The van der Waals surface area contributed by atoms with E-state index in [9.17, 15) is 4.79 Å². The van der Waals surface area contributed by atoms with Crippen LogP contribution in [0.4, 0.5) is 5.82 Å². The molecule has 0 aliphatic carbocycles. The Morgan fingerprint density at radius 3 is 2.85 bits per heavy atom.